The molecule has 0 saturated carbocycles. The number of hydrogen-bond donors (Lipinski definition) is 0. The number of pyridine rings is 1. The molecule has 1 saturated heterocycles. The van der Waals surface area contributed by atoms with Crippen LogP contribution < -0.4 is 0 Å². The third-order valence-corrected chi connectivity index (χ3v) is 5.32. The van der Waals surface area contributed by atoms with Crippen molar-refractivity contribution in [2.24, 2.45) is 0 Å². The standard InChI is InChI=1S/C23H26N4O/c1-26(23(28)10-9-19-5-7-20(18-24)8-6-19)22-12-16-27(17-13-22)15-11-21-4-2-3-14-25-21/h2-10,14,22H,11-13,15-17H2,1H3/b10-9-. The lowest BCUT2D eigenvalue weighted by molar-refractivity contribution is -0.127. The lowest BCUT2D eigenvalue weighted by Crippen LogP contribution is -2.45. The molecule has 1 amide bonds. The summed E-state index contributed by atoms with van der Waals surface area (Å²) in [6.07, 6.45) is 8.22. The van der Waals surface area contributed by atoms with Gasteiger partial charge in [-0.3, -0.25) is 9.78 Å². The van der Waals surface area contributed by atoms with Crippen molar-refractivity contribution in [3.05, 3.63) is 71.6 Å². The quantitative estimate of drug-likeness (QED) is 0.729. The maximum absolute atomic E-state index is 12.5. The summed E-state index contributed by atoms with van der Waals surface area (Å²) in [5.41, 5.74) is 2.67. The number of carbonyl (C=O) groups is 1. The van der Waals surface area contributed by atoms with Crippen LogP contribution in [0.3, 0.4) is 0 Å². The number of carbonyl (C=O) groups excluding carboxylic acids is 1. The van der Waals surface area contributed by atoms with E-state index < -0.39 is 0 Å². The summed E-state index contributed by atoms with van der Waals surface area (Å²) in [7, 11) is 1.89. The Bertz CT molecular complexity index is 831. The van der Waals surface area contributed by atoms with E-state index in [0.717, 1.165) is 50.2 Å². The first-order valence-electron chi connectivity index (χ1n) is 9.73. The van der Waals surface area contributed by atoms with Gasteiger partial charge in [-0.2, -0.15) is 5.26 Å². The maximum atomic E-state index is 12.5. The number of hydrogen-bond acceptors (Lipinski definition) is 4. The average molecular weight is 374 g/mol. The minimum absolute atomic E-state index is 0.0243. The molecule has 1 aliphatic heterocycles. The van der Waals surface area contributed by atoms with E-state index in [2.05, 4.69) is 22.0 Å². The van der Waals surface area contributed by atoms with Crippen LogP contribution in [0.15, 0.2) is 54.7 Å². The number of piperidine rings is 1. The zero-order valence-electron chi connectivity index (χ0n) is 16.3. The number of amides is 1. The van der Waals surface area contributed by atoms with Gasteiger partial charge in [0.25, 0.3) is 0 Å². The predicted octanol–water partition coefficient (Wildman–Crippen LogP) is 3.13. The van der Waals surface area contributed by atoms with Gasteiger partial charge in [-0.05, 0) is 48.7 Å². The van der Waals surface area contributed by atoms with Gasteiger partial charge in [-0.25, -0.2) is 0 Å². The number of likely N-dealkylation sites (tertiary alicyclic amines) is 1. The molecule has 28 heavy (non-hydrogen) atoms. The van der Waals surface area contributed by atoms with Crippen LogP contribution in [0, 0.1) is 11.3 Å². The number of aromatic nitrogens is 1. The smallest absolute Gasteiger partial charge is 0.246 e. The van der Waals surface area contributed by atoms with E-state index in [1.807, 2.05) is 48.5 Å². The molecule has 3 rings (SSSR count). The predicted molar refractivity (Wildman–Crippen MR) is 110 cm³/mol. The van der Waals surface area contributed by atoms with Crippen molar-refractivity contribution in [1.82, 2.24) is 14.8 Å². The molecule has 0 aliphatic carbocycles. The van der Waals surface area contributed by atoms with Gasteiger partial charge in [-0.15, -0.1) is 0 Å². The zero-order valence-corrected chi connectivity index (χ0v) is 16.3. The molecule has 144 valence electrons. The molecule has 5 heteroatoms. The van der Waals surface area contributed by atoms with Crippen LogP contribution in [0.25, 0.3) is 6.08 Å². The van der Waals surface area contributed by atoms with Crippen molar-refractivity contribution in [3.63, 3.8) is 0 Å². The Kier molecular flexibility index (Phi) is 6.94. The van der Waals surface area contributed by atoms with Gasteiger partial charge in [0, 0.05) is 57.1 Å². The molecule has 2 aromatic rings. The van der Waals surface area contributed by atoms with Crippen LogP contribution in [-0.4, -0.2) is 53.4 Å². The first kappa shape index (κ1) is 19.8. The second kappa shape index (κ2) is 9.82. The number of likely N-dealkylation sites (N-methyl/N-ethyl adjacent to an activating group) is 1. The summed E-state index contributed by atoms with van der Waals surface area (Å²) in [5, 5.41) is 8.84. The van der Waals surface area contributed by atoms with E-state index >= 15 is 0 Å². The number of benzene rings is 1. The van der Waals surface area contributed by atoms with Crippen LogP contribution in [0.2, 0.25) is 0 Å². The molecule has 1 fully saturated rings. The molecule has 0 bridgehead atoms. The Morgan fingerprint density at radius 2 is 2.00 bits per heavy atom. The normalized spacial score (nSPS) is 15.4. The molecular weight excluding hydrogens is 348 g/mol. The fourth-order valence-electron chi connectivity index (χ4n) is 3.48. The fourth-order valence-corrected chi connectivity index (χ4v) is 3.48. The second-order valence-corrected chi connectivity index (χ2v) is 7.16. The Morgan fingerprint density at radius 3 is 2.64 bits per heavy atom. The van der Waals surface area contributed by atoms with Crippen molar-refractivity contribution in [1.29, 1.82) is 5.26 Å². The highest BCUT2D eigenvalue weighted by Gasteiger charge is 2.24. The van der Waals surface area contributed by atoms with Crippen molar-refractivity contribution in [2.75, 3.05) is 26.7 Å². The Morgan fingerprint density at radius 1 is 1.25 bits per heavy atom. The molecule has 0 N–H and O–H groups in total. The number of nitrogens with zero attached hydrogens (tertiary/aromatic N) is 4. The SMILES string of the molecule is CN(C(=O)/C=C\c1ccc(C#N)cc1)C1CCN(CCc2ccccn2)CC1. The molecule has 0 radical (unpaired) electrons. The van der Waals surface area contributed by atoms with Crippen LogP contribution in [0.5, 0.6) is 0 Å². The highest BCUT2D eigenvalue weighted by Crippen LogP contribution is 2.16. The van der Waals surface area contributed by atoms with Gasteiger partial charge in [0.15, 0.2) is 0 Å². The second-order valence-electron chi connectivity index (χ2n) is 7.16. The van der Waals surface area contributed by atoms with Crippen LogP contribution in [0.1, 0.15) is 29.7 Å². The highest BCUT2D eigenvalue weighted by molar-refractivity contribution is 5.91. The topological polar surface area (TPSA) is 60.2 Å². The summed E-state index contributed by atoms with van der Waals surface area (Å²) in [6, 6.07) is 15.6. The monoisotopic (exact) mass is 374 g/mol. The molecule has 1 aliphatic rings. The third kappa shape index (κ3) is 5.51. The van der Waals surface area contributed by atoms with E-state index in [0.29, 0.717) is 5.56 Å². The average Bonchev–Trinajstić information content (AvgIpc) is 2.77. The van der Waals surface area contributed by atoms with Gasteiger partial charge < -0.3 is 9.80 Å². The molecule has 5 nitrogen and oxygen atoms in total. The Hall–Kier alpha value is -2.97. The fraction of sp³-hybridized carbons (Fsp3) is 0.348. The van der Waals surface area contributed by atoms with Crippen LogP contribution in [-0.2, 0) is 11.2 Å². The zero-order chi connectivity index (χ0) is 19.8. The third-order valence-electron chi connectivity index (χ3n) is 5.32. The van der Waals surface area contributed by atoms with Gasteiger partial charge in [0.05, 0.1) is 11.6 Å². The summed E-state index contributed by atoms with van der Waals surface area (Å²) in [6.45, 7) is 3.03. The molecule has 2 heterocycles. The first-order valence-corrected chi connectivity index (χ1v) is 9.73. The largest absolute Gasteiger partial charge is 0.339 e. The minimum Gasteiger partial charge on any atom is -0.339 e. The van der Waals surface area contributed by atoms with Gasteiger partial charge in [-0.1, -0.05) is 18.2 Å². The summed E-state index contributed by atoms with van der Waals surface area (Å²) >= 11 is 0. The van der Waals surface area contributed by atoms with Gasteiger partial charge >= 0.3 is 0 Å². The van der Waals surface area contributed by atoms with E-state index in [4.69, 9.17) is 5.26 Å². The first-order chi connectivity index (χ1) is 13.7. The van der Waals surface area contributed by atoms with Crippen molar-refractivity contribution >= 4 is 12.0 Å². The van der Waals surface area contributed by atoms with E-state index in [1.54, 1.807) is 18.2 Å². The van der Waals surface area contributed by atoms with Gasteiger partial charge in [0.1, 0.15) is 0 Å². The Balaban J connectivity index is 1.44. The maximum Gasteiger partial charge on any atom is 0.246 e. The summed E-state index contributed by atoms with van der Waals surface area (Å²) in [5.74, 6) is 0.0243. The van der Waals surface area contributed by atoms with E-state index in [9.17, 15) is 4.79 Å². The van der Waals surface area contributed by atoms with Crippen LogP contribution in [0.4, 0.5) is 0 Å². The van der Waals surface area contributed by atoms with Crippen LogP contribution >= 0.6 is 0 Å². The molecule has 1 aromatic heterocycles. The molecule has 1 aromatic carbocycles. The van der Waals surface area contributed by atoms with E-state index in [-0.39, 0.29) is 11.9 Å². The van der Waals surface area contributed by atoms with Crippen molar-refractivity contribution < 1.29 is 4.79 Å². The number of rotatable bonds is 6. The summed E-state index contributed by atoms with van der Waals surface area (Å²) < 4.78 is 0. The minimum atomic E-state index is 0.0243. The number of nitriles is 1. The molecular formula is C23H26N4O. The molecule has 0 atom stereocenters. The van der Waals surface area contributed by atoms with E-state index in [1.165, 1.54) is 0 Å². The highest BCUT2D eigenvalue weighted by atomic mass is 16.2. The lowest BCUT2D eigenvalue weighted by Gasteiger charge is -2.36. The van der Waals surface area contributed by atoms with Crippen molar-refractivity contribution in [3.8, 4) is 6.07 Å². The summed E-state index contributed by atoms with van der Waals surface area (Å²) in [4.78, 5) is 21.2. The lowest BCUT2D eigenvalue weighted by atomic mass is 10.0. The molecule has 0 unspecified atom stereocenters. The van der Waals surface area contributed by atoms with Crippen molar-refractivity contribution in [2.45, 2.75) is 25.3 Å². The Labute approximate surface area is 166 Å². The van der Waals surface area contributed by atoms with Gasteiger partial charge in [0.2, 0.25) is 5.91 Å². The molecule has 0 spiro atoms.